The lowest BCUT2D eigenvalue weighted by molar-refractivity contribution is 0.224. The second kappa shape index (κ2) is 11.8. The van der Waals surface area contributed by atoms with Gasteiger partial charge in [0.15, 0.2) is 0 Å². The number of unbranched alkanes of at least 4 members (excludes halogenated alkanes) is 8. The predicted molar refractivity (Wildman–Crippen MR) is 82.0 cm³/mol. The van der Waals surface area contributed by atoms with Crippen molar-refractivity contribution < 1.29 is 0 Å². The molecule has 0 radical (unpaired) electrons. The van der Waals surface area contributed by atoms with Gasteiger partial charge in [0, 0.05) is 0 Å². The van der Waals surface area contributed by atoms with E-state index in [4.69, 9.17) is 0 Å². The van der Waals surface area contributed by atoms with Gasteiger partial charge in [0.05, 0.1) is 0 Å². The third-order valence-electron chi connectivity index (χ3n) is 4.08. The molecule has 0 N–H and O–H groups in total. The maximum atomic E-state index is 3.76. The van der Waals surface area contributed by atoms with Gasteiger partial charge in [-0.15, -0.1) is 6.58 Å². The van der Waals surface area contributed by atoms with Crippen molar-refractivity contribution in [2.24, 2.45) is 0 Å². The van der Waals surface area contributed by atoms with Crippen LogP contribution < -0.4 is 0 Å². The summed E-state index contributed by atoms with van der Waals surface area (Å²) in [4.78, 5) is 2.67. The zero-order valence-electron chi connectivity index (χ0n) is 12.3. The number of likely N-dealkylation sites (tertiary alicyclic amines) is 1. The highest BCUT2D eigenvalue weighted by atomic mass is 15.1. The third-order valence-corrected chi connectivity index (χ3v) is 4.08. The molecule has 0 aromatic heterocycles. The van der Waals surface area contributed by atoms with Gasteiger partial charge in [-0.05, 0) is 51.7 Å². The van der Waals surface area contributed by atoms with E-state index >= 15 is 0 Å². The van der Waals surface area contributed by atoms with Gasteiger partial charge >= 0.3 is 0 Å². The van der Waals surface area contributed by atoms with Gasteiger partial charge < -0.3 is 4.90 Å². The summed E-state index contributed by atoms with van der Waals surface area (Å²) in [5.41, 5.74) is 0. The van der Waals surface area contributed by atoms with E-state index in [0.29, 0.717) is 0 Å². The van der Waals surface area contributed by atoms with E-state index in [1.807, 2.05) is 6.08 Å². The molecular weight excluding hydrogens is 218 g/mol. The molecule has 1 heterocycles. The van der Waals surface area contributed by atoms with Gasteiger partial charge in [-0.2, -0.15) is 0 Å². The Balaban J connectivity index is 1.74. The van der Waals surface area contributed by atoms with Crippen molar-refractivity contribution >= 4 is 0 Å². The second-order valence-corrected chi connectivity index (χ2v) is 5.81. The molecule has 1 heteroatoms. The van der Waals surface area contributed by atoms with E-state index in [9.17, 15) is 0 Å². The van der Waals surface area contributed by atoms with E-state index in [2.05, 4.69) is 11.5 Å². The Labute approximate surface area is 115 Å². The third kappa shape index (κ3) is 8.74. The topological polar surface area (TPSA) is 3.24 Å². The zero-order valence-corrected chi connectivity index (χ0v) is 12.3. The van der Waals surface area contributed by atoms with E-state index in [1.165, 1.54) is 96.7 Å². The molecule has 0 spiro atoms. The fraction of sp³-hybridized carbons (Fsp3) is 0.882. The Morgan fingerprint density at radius 1 is 0.722 bits per heavy atom. The van der Waals surface area contributed by atoms with Crippen molar-refractivity contribution in [1.29, 1.82) is 0 Å². The Hall–Kier alpha value is -0.300. The molecule has 0 saturated carbocycles. The fourth-order valence-electron chi connectivity index (χ4n) is 2.87. The average molecular weight is 251 g/mol. The molecule has 1 aliphatic rings. The summed E-state index contributed by atoms with van der Waals surface area (Å²) in [5.74, 6) is 0. The van der Waals surface area contributed by atoms with Gasteiger partial charge in [-0.25, -0.2) is 0 Å². The number of allylic oxidation sites excluding steroid dienone is 1. The maximum Gasteiger partial charge on any atom is -0.00187 e. The Bertz CT molecular complexity index is 182. The summed E-state index contributed by atoms with van der Waals surface area (Å²) >= 11 is 0. The SMILES string of the molecule is C=CCCCCCCCCCCN1CCCCC1. The minimum Gasteiger partial charge on any atom is -0.303 e. The molecule has 1 nitrogen and oxygen atoms in total. The summed E-state index contributed by atoms with van der Waals surface area (Å²) in [7, 11) is 0. The fourth-order valence-corrected chi connectivity index (χ4v) is 2.87. The largest absolute Gasteiger partial charge is 0.303 e. The smallest absolute Gasteiger partial charge is 0.00187 e. The molecule has 0 aliphatic carbocycles. The van der Waals surface area contributed by atoms with Gasteiger partial charge in [0.2, 0.25) is 0 Å². The maximum absolute atomic E-state index is 3.76. The second-order valence-electron chi connectivity index (χ2n) is 5.81. The van der Waals surface area contributed by atoms with Crippen molar-refractivity contribution in [3.63, 3.8) is 0 Å². The van der Waals surface area contributed by atoms with Crippen LogP contribution in [0.5, 0.6) is 0 Å². The molecule has 1 rings (SSSR count). The molecule has 0 aromatic carbocycles. The van der Waals surface area contributed by atoms with Crippen LogP contribution in [0, 0.1) is 0 Å². The van der Waals surface area contributed by atoms with Gasteiger partial charge in [0.1, 0.15) is 0 Å². The first-order chi connectivity index (χ1) is 8.93. The van der Waals surface area contributed by atoms with E-state index in [0.717, 1.165) is 0 Å². The first-order valence-corrected chi connectivity index (χ1v) is 8.27. The molecule has 106 valence electrons. The lowest BCUT2D eigenvalue weighted by atomic mass is 10.1. The summed E-state index contributed by atoms with van der Waals surface area (Å²) in [6.07, 6.45) is 19.0. The van der Waals surface area contributed by atoms with Crippen LogP contribution in [-0.4, -0.2) is 24.5 Å². The Morgan fingerprint density at radius 2 is 1.28 bits per heavy atom. The number of piperidine rings is 1. The molecule has 0 unspecified atom stereocenters. The molecule has 0 atom stereocenters. The standard InChI is InChI=1S/C17H33N/c1-2-3-4-5-6-7-8-9-10-12-15-18-16-13-11-14-17-18/h2H,1,3-17H2. The molecule has 1 saturated heterocycles. The quantitative estimate of drug-likeness (QED) is 0.362. The van der Waals surface area contributed by atoms with Crippen molar-refractivity contribution in [3.05, 3.63) is 12.7 Å². The number of nitrogens with zero attached hydrogens (tertiary/aromatic N) is 1. The Morgan fingerprint density at radius 3 is 1.89 bits per heavy atom. The van der Waals surface area contributed by atoms with Crippen molar-refractivity contribution in [3.8, 4) is 0 Å². The van der Waals surface area contributed by atoms with Crippen LogP contribution >= 0.6 is 0 Å². The number of hydrogen-bond acceptors (Lipinski definition) is 1. The minimum atomic E-state index is 1.20. The summed E-state index contributed by atoms with van der Waals surface area (Å²) in [6, 6.07) is 0. The lowest BCUT2D eigenvalue weighted by Gasteiger charge is -2.26. The molecule has 1 aliphatic heterocycles. The van der Waals surface area contributed by atoms with Crippen LogP contribution in [0.25, 0.3) is 0 Å². The van der Waals surface area contributed by atoms with Gasteiger partial charge in [-0.1, -0.05) is 51.0 Å². The molecule has 1 fully saturated rings. The summed E-state index contributed by atoms with van der Waals surface area (Å²) < 4.78 is 0. The highest BCUT2D eigenvalue weighted by molar-refractivity contribution is 4.65. The minimum absolute atomic E-state index is 1.20. The van der Waals surface area contributed by atoms with Crippen LogP contribution in [0.15, 0.2) is 12.7 Å². The first-order valence-electron chi connectivity index (χ1n) is 8.27. The molecule has 18 heavy (non-hydrogen) atoms. The van der Waals surface area contributed by atoms with Crippen LogP contribution in [0.4, 0.5) is 0 Å². The summed E-state index contributed by atoms with van der Waals surface area (Å²) in [5, 5.41) is 0. The summed E-state index contributed by atoms with van der Waals surface area (Å²) in [6.45, 7) is 7.85. The van der Waals surface area contributed by atoms with Crippen LogP contribution in [0.2, 0.25) is 0 Å². The normalized spacial score (nSPS) is 16.9. The molecular formula is C17H33N. The van der Waals surface area contributed by atoms with Gasteiger partial charge in [-0.3, -0.25) is 0 Å². The molecule has 0 bridgehead atoms. The molecule has 0 amide bonds. The Kier molecular flexibility index (Phi) is 10.3. The zero-order chi connectivity index (χ0) is 12.9. The van der Waals surface area contributed by atoms with Gasteiger partial charge in [0.25, 0.3) is 0 Å². The highest BCUT2D eigenvalue weighted by Gasteiger charge is 2.08. The monoisotopic (exact) mass is 251 g/mol. The van der Waals surface area contributed by atoms with E-state index < -0.39 is 0 Å². The first kappa shape index (κ1) is 15.8. The van der Waals surface area contributed by atoms with Crippen LogP contribution in [0.1, 0.15) is 77.0 Å². The lowest BCUT2D eigenvalue weighted by Crippen LogP contribution is -2.30. The van der Waals surface area contributed by atoms with Crippen molar-refractivity contribution in [2.75, 3.05) is 19.6 Å². The molecule has 0 aromatic rings. The van der Waals surface area contributed by atoms with Crippen LogP contribution in [-0.2, 0) is 0 Å². The highest BCUT2D eigenvalue weighted by Crippen LogP contribution is 2.12. The number of rotatable bonds is 11. The van der Waals surface area contributed by atoms with E-state index in [-0.39, 0.29) is 0 Å². The number of hydrogen-bond donors (Lipinski definition) is 0. The predicted octanol–water partition coefficient (Wildman–Crippen LogP) is 5.17. The van der Waals surface area contributed by atoms with E-state index in [1.54, 1.807) is 0 Å². The van der Waals surface area contributed by atoms with Crippen molar-refractivity contribution in [1.82, 2.24) is 4.90 Å². The van der Waals surface area contributed by atoms with Crippen molar-refractivity contribution in [2.45, 2.75) is 77.0 Å². The average Bonchev–Trinajstić information content (AvgIpc) is 2.42. The van der Waals surface area contributed by atoms with Crippen LogP contribution in [0.3, 0.4) is 0 Å².